The number of amides is 2. The molecular weight excluding hydrogens is 266 g/mol. The van der Waals surface area contributed by atoms with E-state index in [1.165, 1.54) is 0 Å². The number of nitrogens with two attached hydrogens (primary N) is 1. The highest BCUT2D eigenvalue weighted by Crippen LogP contribution is 2.24. The molecular formula is C16H19N3O2. The summed E-state index contributed by atoms with van der Waals surface area (Å²) in [5, 5.41) is 0.950. The zero-order valence-electron chi connectivity index (χ0n) is 12.1. The van der Waals surface area contributed by atoms with Crippen LogP contribution in [-0.4, -0.2) is 34.4 Å². The van der Waals surface area contributed by atoms with Gasteiger partial charge in [-0.15, -0.1) is 0 Å². The molecule has 1 aliphatic rings. The normalized spacial score (nSPS) is 18.9. The maximum absolute atomic E-state index is 12.8. The lowest BCUT2D eigenvalue weighted by atomic mass is 9.97. The number of nitrogens with zero attached hydrogens (tertiary/aromatic N) is 2. The van der Waals surface area contributed by atoms with Crippen LogP contribution in [0.5, 0.6) is 0 Å². The summed E-state index contributed by atoms with van der Waals surface area (Å²) in [4.78, 5) is 25.9. The number of hydrogen-bond donors (Lipinski definition) is 1. The zero-order valence-corrected chi connectivity index (χ0v) is 12.1. The van der Waals surface area contributed by atoms with Crippen LogP contribution in [0.25, 0.3) is 10.9 Å². The van der Waals surface area contributed by atoms with E-state index in [9.17, 15) is 9.59 Å². The number of primary amides is 1. The second-order valence-corrected chi connectivity index (χ2v) is 5.66. The molecule has 110 valence electrons. The fourth-order valence-electron chi connectivity index (χ4n) is 3.08. The zero-order chi connectivity index (χ0) is 15.0. The molecule has 2 aromatic rings. The first-order chi connectivity index (χ1) is 10.1. The highest BCUT2D eigenvalue weighted by molar-refractivity contribution is 6.07. The summed E-state index contributed by atoms with van der Waals surface area (Å²) in [6, 6.07) is 7.84. The molecule has 0 aliphatic carbocycles. The number of carbonyl (C=O) groups excluding carboxylic acids is 2. The van der Waals surface area contributed by atoms with Crippen LogP contribution in [0.1, 0.15) is 23.2 Å². The van der Waals surface area contributed by atoms with Crippen LogP contribution < -0.4 is 5.73 Å². The molecule has 1 unspecified atom stereocenters. The van der Waals surface area contributed by atoms with Gasteiger partial charge in [-0.05, 0) is 18.9 Å². The molecule has 5 heteroatoms. The molecule has 21 heavy (non-hydrogen) atoms. The van der Waals surface area contributed by atoms with Crippen LogP contribution in [-0.2, 0) is 11.8 Å². The summed E-state index contributed by atoms with van der Waals surface area (Å²) in [5.41, 5.74) is 7.11. The van der Waals surface area contributed by atoms with Crippen molar-refractivity contribution in [3.05, 3.63) is 36.0 Å². The van der Waals surface area contributed by atoms with Gasteiger partial charge in [-0.3, -0.25) is 9.59 Å². The first kappa shape index (κ1) is 13.7. The summed E-state index contributed by atoms with van der Waals surface area (Å²) in [5.74, 6) is -0.555. The molecule has 2 amide bonds. The number of rotatable bonds is 2. The summed E-state index contributed by atoms with van der Waals surface area (Å²) in [6.45, 7) is 1.11. The second-order valence-electron chi connectivity index (χ2n) is 5.66. The van der Waals surface area contributed by atoms with E-state index in [0.29, 0.717) is 18.7 Å². The first-order valence-corrected chi connectivity index (χ1v) is 7.20. The van der Waals surface area contributed by atoms with E-state index in [-0.39, 0.29) is 17.7 Å². The lowest BCUT2D eigenvalue weighted by Crippen LogP contribution is -2.44. The van der Waals surface area contributed by atoms with Crippen LogP contribution in [0.4, 0.5) is 0 Å². The number of benzene rings is 1. The van der Waals surface area contributed by atoms with Crippen molar-refractivity contribution in [3.8, 4) is 0 Å². The van der Waals surface area contributed by atoms with Gasteiger partial charge in [-0.1, -0.05) is 18.2 Å². The molecule has 0 radical (unpaired) electrons. The summed E-state index contributed by atoms with van der Waals surface area (Å²) < 4.78 is 1.96. The number of likely N-dealkylation sites (tertiary alicyclic amines) is 1. The van der Waals surface area contributed by atoms with Crippen LogP contribution in [0, 0.1) is 5.92 Å². The van der Waals surface area contributed by atoms with Crippen molar-refractivity contribution in [2.24, 2.45) is 18.7 Å². The molecule has 2 heterocycles. The fraction of sp³-hybridized carbons (Fsp3) is 0.375. The molecule has 1 atom stereocenters. The average molecular weight is 285 g/mol. The largest absolute Gasteiger partial charge is 0.369 e. The van der Waals surface area contributed by atoms with E-state index in [2.05, 4.69) is 0 Å². The summed E-state index contributed by atoms with van der Waals surface area (Å²) >= 11 is 0. The number of hydrogen-bond acceptors (Lipinski definition) is 2. The predicted molar refractivity (Wildman–Crippen MR) is 80.7 cm³/mol. The number of fused-ring (bicyclic) bond motifs is 1. The van der Waals surface area contributed by atoms with Crippen molar-refractivity contribution in [1.82, 2.24) is 9.47 Å². The van der Waals surface area contributed by atoms with Crippen molar-refractivity contribution in [2.75, 3.05) is 13.1 Å². The van der Waals surface area contributed by atoms with Crippen molar-refractivity contribution < 1.29 is 9.59 Å². The third kappa shape index (κ3) is 2.39. The van der Waals surface area contributed by atoms with E-state index in [1.54, 1.807) is 4.90 Å². The van der Waals surface area contributed by atoms with Crippen LogP contribution >= 0.6 is 0 Å². The fourth-order valence-corrected chi connectivity index (χ4v) is 3.08. The smallest absolute Gasteiger partial charge is 0.256 e. The Kier molecular flexibility index (Phi) is 3.41. The number of piperidine rings is 1. The van der Waals surface area contributed by atoms with Crippen molar-refractivity contribution in [1.29, 1.82) is 0 Å². The number of aryl methyl sites for hydroxylation is 1. The first-order valence-electron chi connectivity index (χ1n) is 7.20. The Bertz CT molecular complexity index is 705. The van der Waals surface area contributed by atoms with Gasteiger partial charge in [0.25, 0.3) is 5.91 Å². The van der Waals surface area contributed by atoms with Gasteiger partial charge in [0.15, 0.2) is 0 Å². The number of para-hydroxylation sites is 1. The Labute approximate surface area is 123 Å². The standard InChI is InChI=1S/C16H19N3O2/c1-18-10-13(12-6-2-3-7-14(12)18)16(21)19-8-4-5-11(9-19)15(17)20/h2-3,6-7,10-11H,4-5,8-9H2,1H3,(H2,17,20). The monoisotopic (exact) mass is 285 g/mol. The minimum atomic E-state index is -0.314. The van der Waals surface area contributed by atoms with Crippen molar-refractivity contribution >= 4 is 22.7 Å². The van der Waals surface area contributed by atoms with E-state index in [1.807, 2.05) is 42.1 Å². The minimum absolute atomic E-state index is 0.0160. The molecule has 1 fully saturated rings. The van der Waals surface area contributed by atoms with Crippen LogP contribution in [0.3, 0.4) is 0 Å². The molecule has 1 saturated heterocycles. The Hall–Kier alpha value is -2.30. The molecule has 1 aromatic heterocycles. The van der Waals surface area contributed by atoms with E-state index in [0.717, 1.165) is 23.7 Å². The molecule has 3 rings (SSSR count). The predicted octanol–water partition coefficient (Wildman–Crippen LogP) is 1.52. The third-order valence-electron chi connectivity index (χ3n) is 4.24. The summed E-state index contributed by atoms with van der Waals surface area (Å²) in [7, 11) is 1.93. The van der Waals surface area contributed by atoms with Crippen molar-refractivity contribution in [3.63, 3.8) is 0 Å². The topological polar surface area (TPSA) is 68.3 Å². The molecule has 1 aliphatic heterocycles. The van der Waals surface area contributed by atoms with Gasteiger partial charge >= 0.3 is 0 Å². The van der Waals surface area contributed by atoms with Gasteiger partial charge in [-0.2, -0.15) is 0 Å². The highest BCUT2D eigenvalue weighted by Gasteiger charge is 2.28. The van der Waals surface area contributed by atoms with Crippen molar-refractivity contribution in [2.45, 2.75) is 12.8 Å². The Morgan fingerprint density at radius 2 is 2.05 bits per heavy atom. The number of carbonyl (C=O) groups is 2. The van der Waals surface area contributed by atoms with Gasteiger partial charge in [0.2, 0.25) is 5.91 Å². The van der Waals surface area contributed by atoms with Crippen LogP contribution in [0.2, 0.25) is 0 Å². The van der Waals surface area contributed by atoms with E-state index < -0.39 is 0 Å². The quantitative estimate of drug-likeness (QED) is 0.909. The molecule has 0 bridgehead atoms. The Morgan fingerprint density at radius 1 is 1.29 bits per heavy atom. The molecule has 0 spiro atoms. The number of aromatic nitrogens is 1. The third-order valence-corrected chi connectivity index (χ3v) is 4.24. The highest BCUT2D eigenvalue weighted by atomic mass is 16.2. The van der Waals surface area contributed by atoms with Gasteiger partial charge in [-0.25, -0.2) is 0 Å². The average Bonchev–Trinajstić information content (AvgIpc) is 2.84. The maximum Gasteiger partial charge on any atom is 0.256 e. The lowest BCUT2D eigenvalue weighted by Gasteiger charge is -2.31. The SMILES string of the molecule is Cn1cc(C(=O)N2CCCC(C(N)=O)C2)c2ccccc21. The maximum atomic E-state index is 12.8. The van der Waals surface area contributed by atoms with E-state index >= 15 is 0 Å². The molecule has 5 nitrogen and oxygen atoms in total. The van der Waals surface area contributed by atoms with Crippen LogP contribution in [0.15, 0.2) is 30.5 Å². The van der Waals surface area contributed by atoms with Gasteiger partial charge in [0.1, 0.15) is 0 Å². The molecule has 2 N–H and O–H groups in total. The molecule has 0 saturated carbocycles. The summed E-state index contributed by atoms with van der Waals surface area (Å²) in [6.07, 6.45) is 3.46. The van der Waals surface area contributed by atoms with Gasteiger partial charge < -0.3 is 15.2 Å². The van der Waals surface area contributed by atoms with E-state index in [4.69, 9.17) is 5.73 Å². The lowest BCUT2D eigenvalue weighted by molar-refractivity contribution is -0.123. The Balaban J connectivity index is 1.92. The minimum Gasteiger partial charge on any atom is -0.369 e. The van der Waals surface area contributed by atoms with Gasteiger partial charge in [0.05, 0.1) is 11.5 Å². The van der Waals surface area contributed by atoms with Gasteiger partial charge in [0, 0.05) is 37.2 Å². The Morgan fingerprint density at radius 3 is 2.81 bits per heavy atom. The second kappa shape index (κ2) is 5.24. The molecule has 1 aromatic carbocycles.